The van der Waals surface area contributed by atoms with Crippen LogP contribution in [0.1, 0.15) is 57.7 Å². The van der Waals surface area contributed by atoms with Crippen molar-refractivity contribution >= 4 is 34.8 Å². The molecule has 0 aliphatic carbocycles. The second-order valence-corrected chi connectivity index (χ2v) is 15.2. The Kier molecular flexibility index (Phi) is 16.5. The summed E-state index contributed by atoms with van der Waals surface area (Å²) in [6.07, 6.45) is 13.9. The van der Waals surface area contributed by atoms with Crippen molar-refractivity contribution in [3.05, 3.63) is 101 Å². The zero-order chi connectivity index (χ0) is 31.8. The SMILES string of the molecule is CCC[N+]1=C(/C=C/C=C/C=C/C=C2/N(CCP(=O)([O-])[O-])c3ccc(C)cc3C2(C)C)C(C)(C)c2cc(S(=O)(=O)[O-])ccc21.[Na+].[Na+].[Na+]. The molecular weight excluding hydrogens is 652 g/mol. The van der Waals surface area contributed by atoms with Gasteiger partial charge in [-0.25, -0.2) is 8.42 Å². The van der Waals surface area contributed by atoms with Crippen LogP contribution in [0.15, 0.2) is 89.5 Å². The Bertz CT molecular complexity index is 1740. The van der Waals surface area contributed by atoms with E-state index in [0.29, 0.717) is 0 Å². The van der Waals surface area contributed by atoms with E-state index >= 15 is 0 Å². The molecule has 2 aromatic carbocycles. The zero-order valence-electron chi connectivity index (χ0n) is 28.5. The third-order valence-corrected chi connectivity index (χ3v) is 9.78. The fourth-order valence-corrected chi connectivity index (χ4v) is 6.95. The Hall–Kier alpha value is -0.0700. The molecule has 2 aliphatic heterocycles. The van der Waals surface area contributed by atoms with Crippen molar-refractivity contribution in [3.8, 4) is 0 Å². The molecule has 0 N–H and O–H groups in total. The van der Waals surface area contributed by atoms with Gasteiger partial charge in [-0.2, -0.15) is 4.58 Å². The van der Waals surface area contributed by atoms with Gasteiger partial charge in [-0.3, -0.25) is 0 Å². The van der Waals surface area contributed by atoms with E-state index in [1.165, 1.54) is 12.1 Å². The summed E-state index contributed by atoms with van der Waals surface area (Å²) >= 11 is 0. The molecule has 0 spiro atoms. The van der Waals surface area contributed by atoms with E-state index in [4.69, 9.17) is 0 Å². The van der Waals surface area contributed by atoms with E-state index in [2.05, 4.69) is 31.4 Å². The van der Waals surface area contributed by atoms with Crippen LogP contribution in [-0.2, 0) is 25.5 Å². The molecule has 0 radical (unpaired) electrons. The maximum atomic E-state index is 11.7. The van der Waals surface area contributed by atoms with Crippen LogP contribution in [0, 0.1) is 6.92 Å². The predicted octanol–water partition coefficient (Wildman–Crippen LogP) is -4.04. The van der Waals surface area contributed by atoms with Gasteiger partial charge in [-0.05, 0) is 56.8 Å². The summed E-state index contributed by atoms with van der Waals surface area (Å²) < 4.78 is 48.6. The van der Waals surface area contributed by atoms with Crippen molar-refractivity contribution in [2.75, 3.05) is 24.2 Å². The van der Waals surface area contributed by atoms with Gasteiger partial charge in [0.25, 0.3) is 0 Å². The van der Waals surface area contributed by atoms with Crippen molar-refractivity contribution in [2.45, 2.75) is 63.7 Å². The van der Waals surface area contributed by atoms with Gasteiger partial charge in [0.2, 0.25) is 5.69 Å². The Balaban J connectivity index is 0.00000353. The van der Waals surface area contributed by atoms with Crippen LogP contribution in [0.4, 0.5) is 11.4 Å². The van der Waals surface area contributed by atoms with Crippen LogP contribution < -0.4 is 103 Å². The molecule has 46 heavy (non-hydrogen) atoms. The number of anilines is 1. The average molecular weight is 692 g/mol. The molecule has 0 bridgehead atoms. The predicted molar refractivity (Wildman–Crippen MR) is 167 cm³/mol. The Morgan fingerprint density at radius 1 is 0.891 bits per heavy atom. The number of nitrogens with zero attached hydrogens (tertiary/aromatic N) is 2. The van der Waals surface area contributed by atoms with Gasteiger partial charge in [-0.15, -0.1) is 0 Å². The molecule has 4 rings (SSSR count). The summed E-state index contributed by atoms with van der Waals surface area (Å²) in [5.74, 6) is 0. The first kappa shape index (κ1) is 44.0. The fourth-order valence-electron chi connectivity index (χ4n) is 6.01. The van der Waals surface area contributed by atoms with E-state index < -0.39 is 29.3 Å². The van der Waals surface area contributed by atoms with Gasteiger partial charge in [0, 0.05) is 47.5 Å². The average Bonchev–Trinajstić information content (AvgIpc) is 3.24. The van der Waals surface area contributed by atoms with Gasteiger partial charge in [0.05, 0.1) is 10.3 Å². The largest absolute Gasteiger partial charge is 1.00 e. The smallest absolute Gasteiger partial charge is 0.811 e. The van der Waals surface area contributed by atoms with Crippen molar-refractivity contribution in [1.82, 2.24) is 0 Å². The summed E-state index contributed by atoms with van der Waals surface area (Å²) in [7, 11) is -9.22. The summed E-state index contributed by atoms with van der Waals surface area (Å²) in [6, 6.07) is 10.6. The molecule has 0 saturated heterocycles. The van der Waals surface area contributed by atoms with Crippen LogP contribution in [-0.4, -0.2) is 42.5 Å². The molecule has 8 nitrogen and oxygen atoms in total. The first-order chi connectivity index (χ1) is 20.0. The summed E-state index contributed by atoms with van der Waals surface area (Å²) in [6.45, 7) is 13.2. The zero-order valence-corrected chi connectivity index (χ0v) is 36.2. The van der Waals surface area contributed by atoms with Crippen LogP contribution in [0.2, 0.25) is 0 Å². The normalized spacial score (nSPS) is 17.8. The van der Waals surface area contributed by atoms with Gasteiger partial charge in [-0.1, -0.05) is 76.4 Å². The minimum absolute atomic E-state index is 0. The summed E-state index contributed by atoms with van der Waals surface area (Å²) in [5.41, 5.74) is 5.86. The molecule has 0 atom stereocenters. The van der Waals surface area contributed by atoms with Crippen LogP contribution in [0.25, 0.3) is 0 Å². The first-order valence-electron chi connectivity index (χ1n) is 14.4. The molecule has 230 valence electrons. The molecule has 0 aromatic heterocycles. The maximum Gasteiger partial charge on any atom is 1.00 e. The number of fused-ring (bicyclic) bond motifs is 2. The molecule has 13 heteroatoms. The molecular formula is C33H39N2Na3O6PS+. The molecule has 2 aromatic rings. The second kappa shape index (κ2) is 17.2. The Morgan fingerprint density at radius 2 is 1.52 bits per heavy atom. The fraction of sp³-hybridized carbons (Fsp3) is 0.364. The Labute approximate surface area is 340 Å². The molecule has 0 unspecified atom stereocenters. The van der Waals surface area contributed by atoms with Crippen LogP contribution in [0.3, 0.4) is 0 Å². The van der Waals surface area contributed by atoms with Gasteiger partial charge in [0.1, 0.15) is 16.7 Å². The van der Waals surface area contributed by atoms with Crippen LogP contribution >= 0.6 is 7.60 Å². The van der Waals surface area contributed by atoms with Gasteiger partial charge >= 0.3 is 88.7 Å². The number of benzene rings is 2. The third-order valence-electron chi connectivity index (χ3n) is 8.20. The minimum Gasteiger partial charge on any atom is -0.811 e. The van der Waals surface area contributed by atoms with E-state index in [-0.39, 0.29) is 106 Å². The first-order valence-corrected chi connectivity index (χ1v) is 17.5. The summed E-state index contributed by atoms with van der Waals surface area (Å²) in [5, 5.41) is 0. The van der Waals surface area contributed by atoms with Crippen molar-refractivity contribution in [2.24, 2.45) is 0 Å². The number of hydrogen-bond acceptors (Lipinski definition) is 7. The number of allylic oxidation sites excluding steroid dienone is 8. The molecule has 2 heterocycles. The van der Waals surface area contributed by atoms with E-state index in [1.54, 1.807) is 6.07 Å². The number of aryl methyl sites for hydroxylation is 1. The molecule has 0 amide bonds. The quantitative estimate of drug-likeness (QED) is 0.0817. The topological polar surface area (TPSA) is 127 Å². The molecule has 0 saturated carbocycles. The van der Waals surface area contributed by atoms with Crippen molar-refractivity contribution < 1.29 is 121 Å². The van der Waals surface area contributed by atoms with Crippen LogP contribution in [0.5, 0.6) is 0 Å². The monoisotopic (exact) mass is 691 g/mol. The van der Waals surface area contributed by atoms with E-state index in [0.717, 1.165) is 52.4 Å². The Morgan fingerprint density at radius 3 is 2.13 bits per heavy atom. The van der Waals surface area contributed by atoms with Crippen molar-refractivity contribution in [1.29, 1.82) is 0 Å². The minimum atomic E-state index is -4.66. The number of rotatable bonds is 10. The third kappa shape index (κ3) is 9.79. The van der Waals surface area contributed by atoms with E-state index in [9.17, 15) is 27.3 Å². The van der Waals surface area contributed by atoms with Crippen molar-refractivity contribution in [3.63, 3.8) is 0 Å². The summed E-state index contributed by atoms with van der Waals surface area (Å²) in [4.78, 5) is 24.6. The maximum absolute atomic E-state index is 11.7. The van der Waals surface area contributed by atoms with E-state index in [1.807, 2.05) is 80.3 Å². The standard InChI is InChI=1S/C33H41N2O6PS.3Na/c1-7-19-34-29-18-16-25(43(39,40)41)23-27(29)33(5,6)30(34)13-11-9-8-10-12-14-31-32(3,4)26-22-24(2)15-17-28(26)35(31)20-21-42(36,37)38;;;/h8-18,22-23H,7,19-21H2,1-6H3,(H2-,36,37,38,39,40,41);;;/q;3*+1/p-2. The second-order valence-electron chi connectivity index (χ2n) is 12.1. The number of hydrogen-bond donors (Lipinski definition) is 0. The van der Waals surface area contributed by atoms with Gasteiger partial charge in [0.15, 0.2) is 5.71 Å². The van der Waals surface area contributed by atoms with Gasteiger partial charge < -0.3 is 23.8 Å². The molecule has 0 fully saturated rings. The molecule has 2 aliphatic rings.